The molecule has 1 unspecified atom stereocenters. The molecule has 0 heterocycles. The van der Waals surface area contributed by atoms with Crippen LogP contribution < -0.4 is 0 Å². The fourth-order valence-corrected chi connectivity index (χ4v) is 1.72. The van der Waals surface area contributed by atoms with E-state index in [1.807, 2.05) is 18.7 Å². The van der Waals surface area contributed by atoms with Crippen molar-refractivity contribution in [1.29, 1.82) is 0 Å². The van der Waals surface area contributed by atoms with Crippen molar-refractivity contribution >= 4 is 11.8 Å². The molecule has 1 N–H and O–H groups in total. The molecule has 0 fully saturated rings. The molecule has 1 nitrogen and oxygen atoms in total. The van der Waals surface area contributed by atoms with Gasteiger partial charge in [0.1, 0.15) is 0 Å². The lowest BCUT2D eigenvalue weighted by Gasteiger charge is -2.05. The van der Waals surface area contributed by atoms with E-state index < -0.39 is 0 Å². The number of rotatable bonds is 5. The Hall–Kier alpha value is 0.310. The van der Waals surface area contributed by atoms with E-state index in [1.165, 1.54) is 5.75 Å². The summed E-state index contributed by atoms with van der Waals surface area (Å²) < 4.78 is 0. The van der Waals surface area contributed by atoms with Gasteiger partial charge in [-0.05, 0) is 30.8 Å². The molecule has 0 rings (SSSR count). The van der Waals surface area contributed by atoms with Gasteiger partial charge in [0.15, 0.2) is 0 Å². The summed E-state index contributed by atoms with van der Waals surface area (Å²) in [6.45, 7) is 6.28. The van der Waals surface area contributed by atoms with Crippen LogP contribution in [0.1, 0.15) is 27.2 Å². The Morgan fingerprint density at radius 2 is 1.90 bits per heavy atom. The van der Waals surface area contributed by atoms with Crippen LogP contribution in [0.15, 0.2) is 0 Å². The molecule has 0 aromatic carbocycles. The highest BCUT2D eigenvalue weighted by Crippen LogP contribution is 2.09. The van der Waals surface area contributed by atoms with E-state index >= 15 is 0 Å². The fourth-order valence-electron chi connectivity index (χ4n) is 0.573. The zero-order chi connectivity index (χ0) is 7.98. The molecule has 0 saturated carbocycles. The quantitative estimate of drug-likeness (QED) is 0.625. The van der Waals surface area contributed by atoms with Gasteiger partial charge in [-0.15, -0.1) is 0 Å². The van der Waals surface area contributed by atoms with E-state index in [9.17, 15) is 0 Å². The zero-order valence-electron chi connectivity index (χ0n) is 7.13. The summed E-state index contributed by atoms with van der Waals surface area (Å²) in [5.41, 5.74) is 0. The van der Waals surface area contributed by atoms with Gasteiger partial charge in [-0.1, -0.05) is 13.8 Å². The minimum absolute atomic E-state index is 0.125. The van der Waals surface area contributed by atoms with Crippen LogP contribution in [0.25, 0.3) is 0 Å². The second-order valence-corrected chi connectivity index (χ2v) is 4.26. The number of aliphatic hydroxyl groups is 1. The lowest BCUT2D eigenvalue weighted by Crippen LogP contribution is -2.01. The first-order chi connectivity index (χ1) is 4.63. The first kappa shape index (κ1) is 10.3. The molecule has 0 aromatic rings. The summed E-state index contributed by atoms with van der Waals surface area (Å²) >= 11 is 1.93. The third-order valence-corrected chi connectivity index (χ3v) is 2.56. The van der Waals surface area contributed by atoms with Crippen LogP contribution in [0.3, 0.4) is 0 Å². The SMILES string of the molecule is CC(C)CSCCC(C)O. The van der Waals surface area contributed by atoms with E-state index in [2.05, 4.69) is 13.8 Å². The van der Waals surface area contributed by atoms with Crippen molar-refractivity contribution in [2.75, 3.05) is 11.5 Å². The summed E-state index contributed by atoms with van der Waals surface area (Å²) in [5, 5.41) is 8.90. The van der Waals surface area contributed by atoms with Crippen LogP contribution in [0, 0.1) is 5.92 Å². The van der Waals surface area contributed by atoms with Gasteiger partial charge in [0.05, 0.1) is 6.10 Å². The van der Waals surface area contributed by atoms with Gasteiger partial charge in [-0.25, -0.2) is 0 Å². The Bertz CT molecular complexity index is 61.7. The van der Waals surface area contributed by atoms with Crippen LogP contribution in [0.5, 0.6) is 0 Å². The number of hydrogen-bond acceptors (Lipinski definition) is 2. The number of aliphatic hydroxyl groups excluding tert-OH is 1. The van der Waals surface area contributed by atoms with E-state index in [4.69, 9.17) is 5.11 Å². The monoisotopic (exact) mass is 162 g/mol. The Labute approximate surface area is 68.2 Å². The highest BCUT2D eigenvalue weighted by Gasteiger charge is 1.96. The third kappa shape index (κ3) is 8.31. The molecule has 10 heavy (non-hydrogen) atoms. The average molecular weight is 162 g/mol. The van der Waals surface area contributed by atoms with Crippen molar-refractivity contribution in [3.05, 3.63) is 0 Å². The first-order valence-electron chi connectivity index (χ1n) is 3.88. The second-order valence-electron chi connectivity index (χ2n) is 3.11. The maximum absolute atomic E-state index is 8.90. The molecule has 1 atom stereocenters. The van der Waals surface area contributed by atoms with Crippen LogP contribution in [0.2, 0.25) is 0 Å². The van der Waals surface area contributed by atoms with Crippen molar-refractivity contribution in [1.82, 2.24) is 0 Å². The van der Waals surface area contributed by atoms with Crippen molar-refractivity contribution < 1.29 is 5.11 Å². The number of hydrogen-bond donors (Lipinski definition) is 1. The zero-order valence-corrected chi connectivity index (χ0v) is 7.95. The molecule has 0 bridgehead atoms. The standard InChI is InChI=1S/C8H18OS/c1-7(2)6-10-5-4-8(3)9/h7-9H,4-6H2,1-3H3. The molecule has 0 aromatic heterocycles. The van der Waals surface area contributed by atoms with Crippen molar-refractivity contribution in [2.24, 2.45) is 5.92 Å². The Kier molecular flexibility index (Phi) is 6.24. The molecule has 62 valence electrons. The predicted molar refractivity (Wildman–Crippen MR) is 48.5 cm³/mol. The Morgan fingerprint density at radius 3 is 2.30 bits per heavy atom. The summed E-state index contributed by atoms with van der Waals surface area (Å²) in [6.07, 6.45) is 0.803. The van der Waals surface area contributed by atoms with Crippen molar-refractivity contribution in [3.63, 3.8) is 0 Å². The molecule has 0 aliphatic rings. The summed E-state index contributed by atoms with van der Waals surface area (Å²) in [5.74, 6) is 3.08. The van der Waals surface area contributed by atoms with Gasteiger partial charge in [-0.3, -0.25) is 0 Å². The topological polar surface area (TPSA) is 20.2 Å². The van der Waals surface area contributed by atoms with Crippen LogP contribution in [-0.4, -0.2) is 22.7 Å². The lowest BCUT2D eigenvalue weighted by molar-refractivity contribution is 0.192. The van der Waals surface area contributed by atoms with Gasteiger partial charge < -0.3 is 5.11 Å². The smallest absolute Gasteiger partial charge is 0.0520 e. The van der Waals surface area contributed by atoms with E-state index in [1.54, 1.807) is 0 Å². The molecule has 0 aliphatic heterocycles. The van der Waals surface area contributed by atoms with E-state index in [0.29, 0.717) is 0 Å². The second kappa shape index (κ2) is 6.05. The normalized spacial score (nSPS) is 14.1. The molecular weight excluding hydrogens is 144 g/mol. The predicted octanol–water partition coefficient (Wildman–Crippen LogP) is 2.15. The maximum atomic E-state index is 8.90. The molecule has 0 saturated heterocycles. The van der Waals surface area contributed by atoms with Crippen molar-refractivity contribution in [2.45, 2.75) is 33.3 Å². The minimum Gasteiger partial charge on any atom is -0.393 e. The first-order valence-corrected chi connectivity index (χ1v) is 5.04. The maximum Gasteiger partial charge on any atom is 0.0520 e. The molecule has 0 radical (unpaired) electrons. The molecule has 0 spiro atoms. The number of thioether (sulfide) groups is 1. The van der Waals surface area contributed by atoms with Gasteiger partial charge in [0, 0.05) is 0 Å². The summed E-state index contributed by atoms with van der Waals surface area (Å²) in [6, 6.07) is 0. The van der Waals surface area contributed by atoms with E-state index in [-0.39, 0.29) is 6.10 Å². The third-order valence-electron chi connectivity index (χ3n) is 1.13. The van der Waals surface area contributed by atoms with Crippen LogP contribution in [0.4, 0.5) is 0 Å². The lowest BCUT2D eigenvalue weighted by atomic mass is 10.3. The fraction of sp³-hybridized carbons (Fsp3) is 1.00. The van der Waals surface area contributed by atoms with Crippen LogP contribution >= 0.6 is 11.8 Å². The van der Waals surface area contributed by atoms with Gasteiger partial charge in [0.25, 0.3) is 0 Å². The highest BCUT2D eigenvalue weighted by atomic mass is 32.2. The molecule has 2 heteroatoms. The largest absolute Gasteiger partial charge is 0.393 e. The van der Waals surface area contributed by atoms with Gasteiger partial charge in [-0.2, -0.15) is 11.8 Å². The minimum atomic E-state index is -0.125. The average Bonchev–Trinajstić information content (AvgIpc) is 1.79. The molecule has 0 amide bonds. The summed E-state index contributed by atoms with van der Waals surface area (Å²) in [4.78, 5) is 0. The van der Waals surface area contributed by atoms with Crippen LogP contribution in [-0.2, 0) is 0 Å². The van der Waals surface area contributed by atoms with E-state index in [0.717, 1.165) is 18.1 Å². The van der Waals surface area contributed by atoms with Gasteiger partial charge >= 0.3 is 0 Å². The van der Waals surface area contributed by atoms with Crippen molar-refractivity contribution in [3.8, 4) is 0 Å². The Balaban J connectivity index is 2.91. The molecule has 0 aliphatic carbocycles. The highest BCUT2D eigenvalue weighted by molar-refractivity contribution is 7.99. The molecular formula is C8H18OS. The Morgan fingerprint density at radius 1 is 1.30 bits per heavy atom. The summed E-state index contributed by atoms with van der Waals surface area (Å²) in [7, 11) is 0. The van der Waals surface area contributed by atoms with Gasteiger partial charge in [0.2, 0.25) is 0 Å².